The Bertz CT molecular complexity index is 729. The van der Waals surface area contributed by atoms with E-state index >= 15 is 0 Å². The van der Waals surface area contributed by atoms with Crippen LogP contribution >= 0.6 is 0 Å². The third-order valence-corrected chi connectivity index (χ3v) is 6.54. The van der Waals surface area contributed by atoms with E-state index in [1.807, 2.05) is 40.1 Å². The van der Waals surface area contributed by atoms with Crippen LogP contribution in [0.5, 0.6) is 5.75 Å². The molecule has 0 spiro atoms. The van der Waals surface area contributed by atoms with Crippen molar-refractivity contribution < 1.29 is 14.3 Å². The van der Waals surface area contributed by atoms with Gasteiger partial charge < -0.3 is 19.9 Å². The van der Waals surface area contributed by atoms with Crippen molar-refractivity contribution >= 4 is 11.8 Å². The van der Waals surface area contributed by atoms with Gasteiger partial charge >= 0.3 is 0 Å². The molecule has 2 aliphatic rings. The number of amides is 2. The number of ether oxygens (including phenoxy) is 1. The van der Waals surface area contributed by atoms with Gasteiger partial charge in [0.1, 0.15) is 11.8 Å². The van der Waals surface area contributed by atoms with Gasteiger partial charge in [-0.15, -0.1) is 0 Å². The second-order valence-corrected chi connectivity index (χ2v) is 10.2. The summed E-state index contributed by atoms with van der Waals surface area (Å²) in [6.07, 6.45) is 3.41. The predicted octanol–water partition coefficient (Wildman–Crippen LogP) is 3.57. The summed E-state index contributed by atoms with van der Waals surface area (Å²) in [5.74, 6) is 2.37. The van der Waals surface area contributed by atoms with Crippen LogP contribution in [-0.4, -0.2) is 66.5 Å². The zero-order chi connectivity index (χ0) is 23.1. The second kappa shape index (κ2) is 11.7. The zero-order valence-corrected chi connectivity index (χ0v) is 20.3. The fourth-order valence-electron chi connectivity index (χ4n) is 4.79. The van der Waals surface area contributed by atoms with E-state index < -0.39 is 0 Å². The summed E-state index contributed by atoms with van der Waals surface area (Å²) >= 11 is 0. The van der Waals surface area contributed by atoms with Gasteiger partial charge in [-0.1, -0.05) is 45.9 Å². The van der Waals surface area contributed by atoms with E-state index in [-0.39, 0.29) is 23.9 Å². The van der Waals surface area contributed by atoms with E-state index in [4.69, 9.17) is 4.74 Å². The summed E-state index contributed by atoms with van der Waals surface area (Å²) in [5, 5.41) is 3.36. The van der Waals surface area contributed by atoms with Gasteiger partial charge in [0, 0.05) is 26.2 Å². The van der Waals surface area contributed by atoms with Crippen LogP contribution in [0.2, 0.25) is 0 Å². The third kappa shape index (κ3) is 6.71. The molecule has 1 aromatic carbocycles. The molecule has 0 radical (unpaired) electrons. The maximum Gasteiger partial charge on any atom is 0.245 e. The Kier molecular flexibility index (Phi) is 8.97. The van der Waals surface area contributed by atoms with E-state index in [9.17, 15) is 9.59 Å². The monoisotopic (exact) mass is 443 g/mol. The van der Waals surface area contributed by atoms with Crippen LogP contribution in [0.15, 0.2) is 30.3 Å². The molecular weight excluding hydrogens is 402 g/mol. The first-order valence-corrected chi connectivity index (χ1v) is 12.4. The Balaban J connectivity index is 1.58. The minimum Gasteiger partial charge on any atom is -0.493 e. The lowest BCUT2D eigenvalue weighted by Crippen LogP contribution is -2.62. The SMILES string of the molecule is CC(C)CC(C(=O)N1CCC(COc2ccccc2)CC1)N1CCN[C@@H](CC(C)C)C1=O. The largest absolute Gasteiger partial charge is 0.493 e. The number of carbonyl (C=O) groups excluding carboxylic acids is 2. The van der Waals surface area contributed by atoms with Crippen LogP contribution in [-0.2, 0) is 9.59 Å². The first kappa shape index (κ1) is 24.6. The number of carbonyl (C=O) groups is 2. The van der Waals surface area contributed by atoms with Gasteiger partial charge in [-0.3, -0.25) is 9.59 Å². The Morgan fingerprint density at radius 2 is 1.75 bits per heavy atom. The molecule has 6 heteroatoms. The number of hydrogen-bond acceptors (Lipinski definition) is 4. The first-order chi connectivity index (χ1) is 15.3. The molecule has 2 fully saturated rings. The minimum absolute atomic E-state index is 0.0927. The van der Waals surface area contributed by atoms with Crippen LogP contribution in [0, 0.1) is 17.8 Å². The number of hydrogen-bond donors (Lipinski definition) is 1. The summed E-state index contributed by atoms with van der Waals surface area (Å²) in [7, 11) is 0. The highest BCUT2D eigenvalue weighted by Crippen LogP contribution is 2.24. The van der Waals surface area contributed by atoms with E-state index in [1.165, 1.54) is 0 Å². The van der Waals surface area contributed by atoms with Gasteiger partial charge in [0.25, 0.3) is 0 Å². The van der Waals surface area contributed by atoms with Gasteiger partial charge in [0.15, 0.2) is 0 Å². The molecule has 0 aliphatic carbocycles. The lowest BCUT2D eigenvalue weighted by atomic mass is 9.94. The fourth-order valence-corrected chi connectivity index (χ4v) is 4.79. The molecule has 0 aromatic heterocycles. The van der Waals surface area contributed by atoms with Crippen molar-refractivity contribution in [2.75, 3.05) is 32.8 Å². The highest BCUT2D eigenvalue weighted by atomic mass is 16.5. The smallest absolute Gasteiger partial charge is 0.245 e. The van der Waals surface area contributed by atoms with Gasteiger partial charge in [0.2, 0.25) is 11.8 Å². The van der Waals surface area contributed by atoms with Crippen LogP contribution in [0.4, 0.5) is 0 Å². The number of para-hydroxylation sites is 1. The van der Waals surface area contributed by atoms with Crippen molar-refractivity contribution in [3.8, 4) is 5.75 Å². The molecular formula is C26H41N3O3. The molecule has 2 aliphatic heterocycles. The molecule has 1 unspecified atom stereocenters. The lowest BCUT2D eigenvalue weighted by Gasteiger charge is -2.42. The molecule has 1 aromatic rings. The molecule has 2 amide bonds. The van der Waals surface area contributed by atoms with Gasteiger partial charge in [-0.05, 0) is 55.6 Å². The molecule has 32 heavy (non-hydrogen) atoms. The average Bonchev–Trinajstić information content (AvgIpc) is 2.78. The molecule has 0 saturated carbocycles. The highest BCUT2D eigenvalue weighted by Gasteiger charge is 2.39. The minimum atomic E-state index is -0.351. The quantitative estimate of drug-likeness (QED) is 0.634. The Morgan fingerprint density at radius 3 is 2.38 bits per heavy atom. The number of nitrogens with zero attached hydrogens (tertiary/aromatic N) is 2. The lowest BCUT2D eigenvalue weighted by molar-refractivity contribution is -0.150. The van der Waals surface area contributed by atoms with Crippen LogP contribution in [0.25, 0.3) is 0 Å². The van der Waals surface area contributed by atoms with Crippen LogP contribution in [0.3, 0.4) is 0 Å². The number of rotatable bonds is 9. The molecule has 1 N–H and O–H groups in total. The maximum atomic E-state index is 13.6. The first-order valence-electron chi connectivity index (χ1n) is 12.4. The zero-order valence-electron chi connectivity index (χ0n) is 20.3. The van der Waals surface area contributed by atoms with E-state index in [1.54, 1.807) is 0 Å². The summed E-state index contributed by atoms with van der Waals surface area (Å²) in [5.41, 5.74) is 0. The molecule has 2 saturated heterocycles. The average molecular weight is 444 g/mol. The van der Waals surface area contributed by atoms with Crippen molar-refractivity contribution in [3.05, 3.63) is 30.3 Å². The van der Waals surface area contributed by atoms with Gasteiger partial charge in [-0.25, -0.2) is 0 Å². The predicted molar refractivity (Wildman–Crippen MR) is 127 cm³/mol. The number of nitrogens with one attached hydrogen (secondary N) is 1. The summed E-state index contributed by atoms with van der Waals surface area (Å²) < 4.78 is 5.93. The maximum absolute atomic E-state index is 13.6. The van der Waals surface area contributed by atoms with Crippen molar-refractivity contribution in [3.63, 3.8) is 0 Å². The molecule has 2 heterocycles. The molecule has 6 nitrogen and oxygen atoms in total. The summed E-state index contributed by atoms with van der Waals surface area (Å²) in [6, 6.07) is 9.38. The topological polar surface area (TPSA) is 61.9 Å². The van der Waals surface area contributed by atoms with Crippen molar-refractivity contribution in [2.24, 2.45) is 17.8 Å². The van der Waals surface area contributed by atoms with E-state index in [0.29, 0.717) is 30.9 Å². The summed E-state index contributed by atoms with van der Waals surface area (Å²) in [4.78, 5) is 30.6. The second-order valence-electron chi connectivity index (χ2n) is 10.2. The van der Waals surface area contributed by atoms with Crippen molar-refractivity contribution in [1.29, 1.82) is 0 Å². The van der Waals surface area contributed by atoms with Crippen molar-refractivity contribution in [2.45, 2.75) is 65.5 Å². The number of piperazine rings is 1. The van der Waals surface area contributed by atoms with Crippen LogP contribution in [0.1, 0.15) is 53.4 Å². The van der Waals surface area contributed by atoms with E-state index in [0.717, 1.165) is 51.1 Å². The Labute approximate surface area is 193 Å². The fraction of sp³-hybridized carbons (Fsp3) is 0.692. The third-order valence-electron chi connectivity index (χ3n) is 6.54. The van der Waals surface area contributed by atoms with Gasteiger partial charge in [-0.2, -0.15) is 0 Å². The van der Waals surface area contributed by atoms with Crippen LogP contribution < -0.4 is 10.1 Å². The number of piperidine rings is 1. The van der Waals surface area contributed by atoms with E-state index in [2.05, 4.69) is 33.0 Å². The summed E-state index contributed by atoms with van der Waals surface area (Å²) in [6.45, 7) is 12.1. The molecule has 178 valence electrons. The number of likely N-dealkylation sites (tertiary alicyclic amines) is 1. The van der Waals surface area contributed by atoms with Crippen molar-refractivity contribution in [1.82, 2.24) is 15.1 Å². The highest BCUT2D eigenvalue weighted by molar-refractivity contribution is 5.90. The normalized spacial score (nSPS) is 21.3. The molecule has 3 rings (SSSR count). The Morgan fingerprint density at radius 1 is 1.06 bits per heavy atom. The number of benzene rings is 1. The van der Waals surface area contributed by atoms with Gasteiger partial charge in [0.05, 0.1) is 12.6 Å². The molecule has 0 bridgehead atoms. The standard InChI is InChI=1S/C26H41N3O3/c1-19(2)16-23-25(30)29(15-12-27-23)24(17-20(3)4)26(31)28-13-10-21(11-14-28)18-32-22-8-6-5-7-9-22/h5-9,19-21,23-24,27H,10-18H2,1-4H3/t23-,24?/m0/s1. The Hall–Kier alpha value is -2.08. The molecule has 2 atom stereocenters.